The molecule has 0 radical (unpaired) electrons. The van der Waals surface area contributed by atoms with Gasteiger partial charge in [0, 0.05) is 0 Å². The Morgan fingerprint density at radius 2 is 1.50 bits per heavy atom. The number of hydrogen-bond donors (Lipinski definition) is 3. The third kappa shape index (κ3) is 5.74. The SMILES string of the molecule is O=S(=O)(O)CCN=Nc1cc(S(=O)(=O)O)ccc1S(=O)(=O)O. The van der Waals surface area contributed by atoms with E-state index in [9.17, 15) is 25.3 Å². The second-order valence-corrected chi connectivity index (χ2v) is 8.21. The van der Waals surface area contributed by atoms with Crippen molar-refractivity contribution in [1.82, 2.24) is 0 Å². The highest BCUT2D eigenvalue weighted by molar-refractivity contribution is 7.86. The fourth-order valence-corrected chi connectivity index (χ4v) is 2.65. The standard InChI is InChI=1S/C8H10N2O9S3/c11-20(12,13)4-3-9-10-7-5-6(21(14,15)16)1-2-8(7)22(17,18)19/h1-2,5H,3-4H2,(H,11,12,13)(H,14,15,16)(H,17,18,19). The molecule has 0 saturated carbocycles. The molecule has 0 saturated heterocycles. The molecule has 11 nitrogen and oxygen atoms in total. The first kappa shape index (κ1) is 18.6. The Morgan fingerprint density at radius 1 is 0.909 bits per heavy atom. The molecule has 0 unspecified atom stereocenters. The van der Waals surface area contributed by atoms with Crippen LogP contribution in [0.15, 0.2) is 38.2 Å². The first-order valence-electron chi connectivity index (χ1n) is 5.22. The van der Waals surface area contributed by atoms with Crippen LogP contribution in [0, 0.1) is 0 Å². The molecule has 0 aliphatic carbocycles. The molecule has 124 valence electrons. The maximum atomic E-state index is 11.1. The zero-order valence-electron chi connectivity index (χ0n) is 10.6. The van der Waals surface area contributed by atoms with Crippen molar-refractivity contribution in [2.45, 2.75) is 9.79 Å². The first-order valence-corrected chi connectivity index (χ1v) is 9.71. The summed E-state index contributed by atoms with van der Waals surface area (Å²) in [7, 11) is -13.7. The van der Waals surface area contributed by atoms with Crippen LogP contribution in [0.1, 0.15) is 0 Å². The topological polar surface area (TPSA) is 188 Å². The fourth-order valence-electron chi connectivity index (χ4n) is 1.24. The van der Waals surface area contributed by atoms with Gasteiger partial charge in [0.2, 0.25) is 0 Å². The minimum Gasteiger partial charge on any atom is -0.285 e. The quantitative estimate of drug-likeness (QED) is 0.460. The highest BCUT2D eigenvalue weighted by Gasteiger charge is 2.19. The maximum absolute atomic E-state index is 11.1. The van der Waals surface area contributed by atoms with Crippen LogP contribution in [0.4, 0.5) is 5.69 Å². The average Bonchev–Trinajstić information content (AvgIpc) is 2.31. The molecule has 0 aromatic heterocycles. The summed E-state index contributed by atoms with van der Waals surface area (Å²) in [6, 6.07) is 2.01. The lowest BCUT2D eigenvalue weighted by atomic mass is 10.3. The Bertz CT molecular complexity index is 900. The van der Waals surface area contributed by atoms with Crippen LogP contribution in [0.2, 0.25) is 0 Å². The van der Waals surface area contributed by atoms with Gasteiger partial charge in [0.25, 0.3) is 30.4 Å². The highest BCUT2D eigenvalue weighted by atomic mass is 32.2. The van der Waals surface area contributed by atoms with Crippen LogP contribution < -0.4 is 0 Å². The molecule has 0 fully saturated rings. The first-order chi connectivity index (χ1) is 9.81. The molecule has 3 N–H and O–H groups in total. The average molecular weight is 374 g/mol. The monoisotopic (exact) mass is 374 g/mol. The molecule has 0 atom stereocenters. The summed E-state index contributed by atoms with van der Waals surface area (Å²) in [6.07, 6.45) is 0. The van der Waals surface area contributed by atoms with E-state index >= 15 is 0 Å². The summed E-state index contributed by atoms with van der Waals surface area (Å²) in [4.78, 5) is -1.50. The van der Waals surface area contributed by atoms with Crippen molar-refractivity contribution in [3.8, 4) is 0 Å². The molecule has 1 aromatic carbocycles. The van der Waals surface area contributed by atoms with E-state index in [1.807, 2.05) is 0 Å². The van der Waals surface area contributed by atoms with Crippen LogP contribution in [0.3, 0.4) is 0 Å². The molecule has 0 aliphatic rings. The normalized spacial score (nSPS) is 13.6. The molecule has 0 spiro atoms. The Kier molecular flexibility index (Phi) is 5.37. The van der Waals surface area contributed by atoms with Crippen LogP contribution in [-0.2, 0) is 30.4 Å². The lowest BCUT2D eigenvalue weighted by molar-refractivity contribution is 0.478. The van der Waals surface area contributed by atoms with Gasteiger partial charge in [-0.05, 0) is 18.2 Å². The number of hydrogen-bond acceptors (Lipinski definition) is 8. The number of benzene rings is 1. The van der Waals surface area contributed by atoms with Crippen molar-refractivity contribution in [3.63, 3.8) is 0 Å². The van der Waals surface area contributed by atoms with Gasteiger partial charge in [-0.3, -0.25) is 13.7 Å². The minimum atomic E-state index is -4.76. The van der Waals surface area contributed by atoms with Gasteiger partial charge in [0.1, 0.15) is 10.6 Å². The van der Waals surface area contributed by atoms with Gasteiger partial charge >= 0.3 is 0 Å². The number of nitrogens with zero attached hydrogens (tertiary/aromatic N) is 2. The van der Waals surface area contributed by atoms with Gasteiger partial charge in [-0.2, -0.15) is 35.5 Å². The Hall–Kier alpha value is -1.45. The van der Waals surface area contributed by atoms with E-state index in [4.69, 9.17) is 13.7 Å². The van der Waals surface area contributed by atoms with Crippen LogP contribution in [-0.4, -0.2) is 51.2 Å². The molecule has 22 heavy (non-hydrogen) atoms. The lowest BCUT2D eigenvalue weighted by Gasteiger charge is -2.03. The zero-order valence-corrected chi connectivity index (χ0v) is 13.0. The van der Waals surface area contributed by atoms with Crippen LogP contribution >= 0.6 is 0 Å². The molecule has 1 aromatic rings. The molecule has 0 bridgehead atoms. The summed E-state index contributed by atoms with van der Waals surface area (Å²) >= 11 is 0. The van der Waals surface area contributed by atoms with Crippen molar-refractivity contribution in [2.75, 3.05) is 12.3 Å². The van der Waals surface area contributed by atoms with E-state index in [-0.39, 0.29) is 0 Å². The summed E-state index contributed by atoms with van der Waals surface area (Å²) in [5.41, 5.74) is -0.632. The lowest BCUT2D eigenvalue weighted by Crippen LogP contribution is -2.06. The predicted octanol–water partition coefficient (Wildman–Crippen LogP) is 0.152. The van der Waals surface area contributed by atoms with Gasteiger partial charge in [-0.15, -0.1) is 0 Å². The van der Waals surface area contributed by atoms with Gasteiger partial charge < -0.3 is 0 Å². The summed E-state index contributed by atoms with van der Waals surface area (Å²) < 4.78 is 91.4. The van der Waals surface area contributed by atoms with Gasteiger partial charge in [-0.1, -0.05) is 0 Å². The van der Waals surface area contributed by atoms with Crippen LogP contribution in [0.25, 0.3) is 0 Å². The molecule has 14 heteroatoms. The molecule has 0 heterocycles. The van der Waals surface area contributed by atoms with E-state index in [1.165, 1.54) is 0 Å². The second kappa shape index (κ2) is 6.35. The predicted molar refractivity (Wildman–Crippen MR) is 71.9 cm³/mol. The molecular formula is C8H10N2O9S3. The van der Waals surface area contributed by atoms with Gasteiger partial charge in [0.05, 0.1) is 17.2 Å². The smallest absolute Gasteiger partial charge is 0.285 e. The van der Waals surface area contributed by atoms with Crippen molar-refractivity contribution < 1.29 is 38.9 Å². The minimum absolute atomic E-state index is 0.542. The zero-order chi connectivity index (χ0) is 17.2. The Morgan fingerprint density at radius 3 is 1.95 bits per heavy atom. The molecule has 0 aliphatic heterocycles. The van der Waals surface area contributed by atoms with Crippen LogP contribution in [0.5, 0.6) is 0 Å². The highest BCUT2D eigenvalue weighted by Crippen LogP contribution is 2.27. The Labute approximate surface area is 125 Å². The molecular weight excluding hydrogens is 364 g/mol. The maximum Gasteiger partial charge on any atom is 0.296 e. The van der Waals surface area contributed by atoms with E-state index < -0.39 is 58.1 Å². The van der Waals surface area contributed by atoms with Gasteiger partial charge in [-0.25, -0.2) is 0 Å². The van der Waals surface area contributed by atoms with E-state index in [0.717, 1.165) is 6.07 Å². The van der Waals surface area contributed by atoms with Gasteiger partial charge in [0.15, 0.2) is 0 Å². The summed E-state index contributed by atoms with van der Waals surface area (Å²) in [5, 5.41) is 6.54. The Balaban J connectivity index is 3.27. The molecule has 0 amide bonds. The number of rotatable bonds is 6. The second-order valence-electron chi connectivity index (χ2n) is 3.83. The van der Waals surface area contributed by atoms with Crippen molar-refractivity contribution in [3.05, 3.63) is 18.2 Å². The third-order valence-corrected chi connectivity index (χ3v) is 4.58. The summed E-state index contributed by atoms with van der Waals surface area (Å²) in [5.74, 6) is -0.796. The molecule has 1 rings (SSSR count). The van der Waals surface area contributed by atoms with E-state index in [0.29, 0.717) is 12.1 Å². The summed E-state index contributed by atoms with van der Waals surface area (Å²) in [6.45, 7) is -0.542. The van der Waals surface area contributed by atoms with Crippen molar-refractivity contribution >= 4 is 36.0 Å². The van der Waals surface area contributed by atoms with E-state index in [1.54, 1.807) is 0 Å². The van der Waals surface area contributed by atoms with Crippen molar-refractivity contribution in [1.29, 1.82) is 0 Å². The van der Waals surface area contributed by atoms with E-state index in [2.05, 4.69) is 10.2 Å². The number of azo groups is 1. The largest absolute Gasteiger partial charge is 0.296 e. The van der Waals surface area contributed by atoms with Crippen molar-refractivity contribution in [2.24, 2.45) is 10.2 Å². The fraction of sp³-hybridized carbons (Fsp3) is 0.250. The third-order valence-electron chi connectivity index (χ3n) is 2.13.